The minimum Gasteiger partial charge on any atom is -0.357 e. The third kappa shape index (κ3) is 5.18. The first kappa shape index (κ1) is 18.2. The van der Waals surface area contributed by atoms with Gasteiger partial charge >= 0.3 is 0 Å². The quantitative estimate of drug-likeness (QED) is 0.613. The second-order valence-electron chi connectivity index (χ2n) is 6.06. The monoisotopic (exact) mass is 337 g/mol. The van der Waals surface area contributed by atoms with Crippen LogP contribution < -0.4 is 5.32 Å². The van der Waals surface area contributed by atoms with E-state index in [9.17, 15) is 0 Å². The van der Waals surface area contributed by atoms with Gasteiger partial charge in [0.15, 0.2) is 5.96 Å². The lowest BCUT2D eigenvalue weighted by atomic mass is 10.2. The van der Waals surface area contributed by atoms with Crippen molar-refractivity contribution in [3.63, 3.8) is 0 Å². The molecular formula is C17H31N5S. The normalized spacial score (nSPS) is 19.3. The number of hydrogen-bond acceptors (Lipinski definition) is 4. The van der Waals surface area contributed by atoms with Gasteiger partial charge in [0.25, 0.3) is 0 Å². The number of aromatic nitrogens is 1. The molecule has 1 fully saturated rings. The molecule has 1 atom stereocenters. The standard InChI is InChI=1S/C17H31N5S/c1-5-16-20-14(13-23-16)11-19-17(18-6-2)21(4)12-15-9-8-10-22(15)7-3/h13,15H,5-12H2,1-4H3,(H,18,19). The number of likely N-dealkylation sites (N-methyl/N-ethyl adjacent to an activating group) is 2. The summed E-state index contributed by atoms with van der Waals surface area (Å²) in [5.41, 5.74) is 1.08. The van der Waals surface area contributed by atoms with Crippen molar-refractivity contribution >= 4 is 17.3 Å². The first-order valence-corrected chi connectivity index (χ1v) is 9.72. The molecule has 1 aromatic heterocycles. The SMILES string of the molecule is CCNC(=NCc1csc(CC)n1)N(C)CC1CCCN1CC. The summed E-state index contributed by atoms with van der Waals surface area (Å²) in [6, 6.07) is 0.653. The molecule has 1 aliphatic heterocycles. The second-order valence-corrected chi connectivity index (χ2v) is 7.00. The summed E-state index contributed by atoms with van der Waals surface area (Å²) in [4.78, 5) is 14.2. The van der Waals surface area contributed by atoms with Gasteiger partial charge in [-0.3, -0.25) is 4.90 Å². The molecular weight excluding hydrogens is 306 g/mol. The van der Waals surface area contributed by atoms with E-state index in [0.29, 0.717) is 12.6 Å². The van der Waals surface area contributed by atoms with Crippen LogP contribution in [0.1, 0.15) is 44.3 Å². The molecule has 1 saturated heterocycles. The van der Waals surface area contributed by atoms with Crippen molar-refractivity contribution in [2.45, 2.75) is 52.6 Å². The number of nitrogens with one attached hydrogen (secondary N) is 1. The maximum atomic E-state index is 4.78. The van der Waals surface area contributed by atoms with E-state index in [1.807, 2.05) is 0 Å². The number of nitrogens with zero attached hydrogens (tertiary/aromatic N) is 4. The molecule has 0 spiro atoms. The van der Waals surface area contributed by atoms with Gasteiger partial charge in [-0.1, -0.05) is 13.8 Å². The molecule has 23 heavy (non-hydrogen) atoms. The van der Waals surface area contributed by atoms with E-state index in [1.54, 1.807) is 11.3 Å². The molecule has 2 rings (SSSR count). The number of rotatable bonds is 7. The summed E-state index contributed by atoms with van der Waals surface area (Å²) in [6.07, 6.45) is 3.62. The van der Waals surface area contributed by atoms with Crippen molar-refractivity contribution in [1.82, 2.24) is 20.1 Å². The summed E-state index contributed by atoms with van der Waals surface area (Å²) in [7, 11) is 2.15. The molecule has 1 aromatic rings. The third-order valence-corrected chi connectivity index (χ3v) is 5.42. The van der Waals surface area contributed by atoms with Crippen LogP contribution in [0, 0.1) is 0 Å². The van der Waals surface area contributed by atoms with Gasteiger partial charge in [-0.25, -0.2) is 9.98 Å². The maximum Gasteiger partial charge on any atom is 0.194 e. The zero-order valence-electron chi connectivity index (χ0n) is 15.0. The van der Waals surface area contributed by atoms with Gasteiger partial charge in [0, 0.05) is 31.6 Å². The number of aliphatic imine (C=N–C) groups is 1. The summed E-state index contributed by atoms with van der Waals surface area (Å²) in [5.74, 6) is 0.988. The van der Waals surface area contributed by atoms with Crippen LogP contribution >= 0.6 is 11.3 Å². The Kier molecular flexibility index (Phi) is 7.30. The van der Waals surface area contributed by atoms with Gasteiger partial charge in [-0.2, -0.15) is 0 Å². The van der Waals surface area contributed by atoms with E-state index in [0.717, 1.165) is 37.7 Å². The first-order valence-electron chi connectivity index (χ1n) is 8.84. The lowest BCUT2D eigenvalue weighted by Crippen LogP contribution is -2.45. The average Bonchev–Trinajstić information content (AvgIpc) is 3.19. The first-order chi connectivity index (χ1) is 11.2. The highest BCUT2D eigenvalue weighted by Crippen LogP contribution is 2.17. The van der Waals surface area contributed by atoms with Gasteiger partial charge < -0.3 is 10.2 Å². The van der Waals surface area contributed by atoms with Gasteiger partial charge in [0.1, 0.15) is 0 Å². The van der Waals surface area contributed by atoms with Gasteiger partial charge in [-0.05, 0) is 39.3 Å². The molecule has 0 radical (unpaired) electrons. The maximum absolute atomic E-state index is 4.78. The Morgan fingerprint density at radius 3 is 2.96 bits per heavy atom. The fourth-order valence-corrected chi connectivity index (χ4v) is 3.87. The van der Waals surface area contributed by atoms with E-state index in [-0.39, 0.29) is 0 Å². The number of likely N-dealkylation sites (tertiary alicyclic amines) is 1. The Hall–Kier alpha value is -1.14. The van der Waals surface area contributed by atoms with Crippen molar-refractivity contribution in [3.8, 4) is 0 Å². The fourth-order valence-electron chi connectivity index (χ4n) is 3.13. The molecule has 1 unspecified atom stereocenters. The molecule has 6 heteroatoms. The van der Waals surface area contributed by atoms with Crippen LogP contribution in [-0.2, 0) is 13.0 Å². The molecule has 130 valence electrons. The summed E-state index contributed by atoms with van der Waals surface area (Å²) >= 11 is 1.73. The van der Waals surface area contributed by atoms with Crippen LogP contribution in [0.4, 0.5) is 0 Å². The molecule has 1 N–H and O–H groups in total. The highest BCUT2D eigenvalue weighted by Gasteiger charge is 2.24. The van der Waals surface area contributed by atoms with E-state index in [1.165, 1.54) is 24.4 Å². The van der Waals surface area contributed by atoms with Crippen molar-refractivity contribution in [2.24, 2.45) is 4.99 Å². The summed E-state index contributed by atoms with van der Waals surface area (Å²) < 4.78 is 0. The molecule has 5 nitrogen and oxygen atoms in total. The van der Waals surface area contributed by atoms with Crippen molar-refractivity contribution in [3.05, 3.63) is 16.1 Å². The smallest absolute Gasteiger partial charge is 0.194 e. The molecule has 1 aliphatic rings. The van der Waals surface area contributed by atoms with E-state index < -0.39 is 0 Å². The largest absolute Gasteiger partial charge is 0.357 e. The number of guanidine groups is 1. The van der Waals surface area contributed by atoms with Gasteiger partial charge in [-0.15, -0.1) is 11.3 Å². The van der Waals surface area contributed by atoms with E-state index >= 15 is 0 Å². The van der Waals surface area contributed by atoms with Gasteiger partial charge in [0.2, 0.25) is 0 Å². The Morgan fingerprint density at radius 2 is 2.30 bits per heavy atom. The van der Waals surface area contributed by atoms with E-state index in [2.05, 4.69) is 53.3 Å². The molecule has 0 aromatic carbocycles. The Balaban J connectivity index is 1.96. The lowest BCUT2D eigenvalue weighted by Gasteiger charge is -2.29. The molecule has 0 saturated carbocycles. The average molecular weight is 338 g/mol. The fraction of sp³-hybridized carbons (Fsp3) is 0.765. The van der Waals surface area contributed by atoms with Crippen molar-refractivity contribution < 1.29 is 0 Å². The minimum absolute atomic E-state index is 0.653. The van der Waals surface area contributed by atoms with Crippen LogP contribution in [0.5, 0.6) is 0 Å². The third-order valence-electron chi connectivity index (χ3n) is 4.38. The number of hydrogen-bond donors (Lipinski definition) is 1. The van der Waals surface area contributed by atoms with Crippen molar-refractivity contribution in [2.75, 3.05) is 33.2 Å². The molecule has 0 bridgehead atoms. The molecule has 2 heterocycles. The predicted octanol–water partition coefficient (Wildman–Crippen LogP) is 2.59. The van der Waals surface area contributed by atoms with Crippen LogP contribution in [0.25, 0.3) is 0 Å². The predicted molar refractivity (Wildman–Crippen MR) is 99.2 cm³/mol. The Bertz CT molecular complexity index is 499. The second kappa shape index (κ2) is 9.23. The van der Waals surface area contributed by atoms with Gasteiger partial charge in [0.05, 0.1) is 17.2 Å². The summed E-state index contributed by atoms with van der Waals surface area (Å²) in [5, 5.41) is 6.73. The van der Waals surface area contributed by atoms with Crippen LogP contribution in [-0.4, -0.2) is 60.0 Å². The van der Waals surface area contributed by atoms with E-state index in [4.69, 9.17) is 4.99 Å². The highest BCUT2D eigenvalue weighted by atomic mass is 32.1. The Labute approximate surface area is 144 Å². The van der Waals surface area contributed by atoms with Crippen LogP contribution in [0.2, 0.25) is 0 Å². The minimum atomic E-state index is 0.653. The molecule has 0 amide bonds. The zero-order valence-corrected chi connectivity index (χ0v) is 15.8. The zero-order chi connectivity index (χ0) is 16.7. The Morgan fingerprint density at radius 1 is 1.48 bits per heavy atom. The van der Waals surface area contributed by atoms with Crippen LogP contribution in [0.15, 0.2) is 10.4 Å². The topological polar surface area (TPSA) is 43.8 Å². The lowest BCUT2D eigenvalue weighted by molar-refractivity contribution is 0.232. The summed E-state index contributed by atoms with van der Waals surface area (Å²) in [6.45, 7) is 11.5. The number of thiazole rings is 1. The number of aryl methyl sites for hydroxylation is 1. The molecule has 0 aliphatic carbocycles. The highest BCUT2D eigenvalue weighted by molar-refractivity contribution is 7.09. The van der Waals surface area contributed by atoms with Crippen LogP contribution in [0.3, 0.4) is 0 Å². The van der Waals surface area contributed by atoms with Crippen molar-refractivity contribution in [1.29, 1.82) is 0 Å².